The van der Waals surface area contributed by atoms with Gasteiger partial charge in [0, 0.05) is 45.1 Å². The number of fused-ring (bicyclic) bond motifs is 1. The minimum Gasteiger partial charge on any atom is -0.362 e. The van der Waals surface area contributed by atoms with Gasteiger partial charge in [-0.3, -0.25) is 14.5 Å². The molecule has 28 heavy (non-hydrogen) atoms. The van der Waals surface area contributed by atoms with E-state index in [2.05, 4.69) is 10.1 Å². The van der Waals surface area contributed by atoms with Crippen LogP contribution >= 0.6 is 0 Å². The zero-order valence-electron chi connectivity index (χ0n) is 16.3. The smallest absolute Gasteiger partial charge is 0.274 e. The summed E-state index contributed by atoms with van der Waals surface area (Å²) in [6, 6.07) is 7.45. The van der Waals surface area contributed by atoms with Crippen LogP contribution in [0.15, 0.2) is 36.7 Å². The highest BCUT2D eigenvalue weighted by Crippen LogP contribution is 2.28. The van der Waals surface area contributed by atoms with Crippen LogP contribution in [0.4, 0.5) is 5.82 Å². The summed E-state index contributed by atoms with van der Waals surface area (Å²) in [7, 11) is 3.94. The number of hydrogen-bond acceptors (Lipinski definition) is 6. The van der Waals surface area contributed by atoms with E-state index in [-0.39, 0.29) is 5.91 Å². The molecule has 4 heterocycles. The minimum atomic E-state index is -0.0674. The molecule has 1 aliphatic heterocycles. The Kier molecular flexibility index (Phi) is 4.77. The molecule has 0 N–H and O–H groups in total. The van der Waals surface area contributed by atoms with Gasteiger partial charge in [0.1, 0.15) is 17.2 Å². The van der Waals surface area contributed by atoms with Crippen LogP contribution in [0.3, 0.4) is 0 Å². The lowest BCUT2D eigenvalue weighted by molar-refractivity contribution is 0.0725. The molecule has 4 rings (SSSR count). The molecular formula is C20H23N7O. The molecule has 3 aromatic rings. The van der Waals surface area contributed by atoms with Crippen LogP contribution in [0.5, 0.6) is 0 Å². The SMILES string of the molecule is CCn1ccc(C(=O)N2CCc3c(nc(-c4ccccn4)nc3N(C)C)C2)n1. The van der Waals surface area contributed by atoms with Gasteiger partial charge < -0.3 is 9.80 Å². The average Bonchev–Trinajstić information content (AvgIpc) is 3.21. The van der Waals surface area contributed by atoms with Gasteiger partial charge in [-0.05, 0) is 31.5 Å². The van der Waals surface area contributed by atoms with E-state index < -0.39 is 0 Å². The number of amides is 1. The van der Waals surface area contributed by atoms with Crippen molar-refractivity contribution in [2.75, 3.05) is 25.5 Å². The molecule has 0 bridgehead atoms. The van der Waals surface area contributed by atoms with Crippen molar-refractivity contribution >= 4 is 11.7 Å². The number of aryl methyl sites for hydroxylation is 1. The highest BCUT2D eigenvalue weighted by atomic mass is 16.2. The van der Waals surface area contributed by atoms with Crippen molar-refractivity contribution in [2.24, 2.45) is 0 Å². The van der Waals surface area contributed by atoms with Gasteiger partial charge >= 0.3 is 0 Å². The Morgan fingerprint density at radius 2 is 2.07 bits per heavy atom. The van der Waals surface area contributed by atoms with E-state index in [0.29, 0.717) is 31.0 Å². The Morgan fingerprint density at radius 3 is 2.75 bits per heavy atom. The summed E-state index contributed by atoms with van der Waals surface area (Å²) in [6.45, 7) is 3.80. The maximum Gasteiger partial charge on any atom is 0.274 e. The minimum absolute atomic E-state index is 0.0674. The second-order valence-electron chi connectivity index (χ2n) is 6.94. The zero-order chi connectivity index (χ0) is 19.7. The molecule has 0 spiro atoms. The van der Waals surface area contributed by atoms with Crippen LogP contribution in [-0.4, -0.2) is 56.2 Å². The van der Waals surface area contributed by atoms with E-state index >= 15 is 0 Å². The van der Waals surface area contributed by atoms with E-state index in [0.717, 1.165) is 29.3 Å². The van der Waals surface area contributed by atoms with Crippen LogP contribution in [0, 0.1) is 0 Å². The zero-order valence-corrected chi connectivity index (χ0v) is 16.3. The standard InChI is InChI=1S/C20H23N7O/c1-4-27-12-9-16(24-27)20(28)26-11-8-14-17(13-26)22-18(23-19(14)25(2)3)15-7-5-6-10-21-15/h5-7,9-10,12H,4,8,11,13H2,1-3H3. The van der Waals surface area contributed by atoms with Crippen LogP contribution < -0.4 is 4.90 Å². The van der Waals surface area contributed by atoms with Gasteiger partial charge in [0.25, 0.3) is 5.91 Å². The number of carbonyl (C=O) groups is 1. The predicted octanol–water partition coefficient (Wildman–Crippen LogP) is 2.02. The second-order valence-corrected chi connectivity index (χ2v) is 6.94. The highest BCUT2D eigenvalue weighted by Gasteiger charge is 2.28. The van der Waals surface area contributed by atoms with Crippen LogP contribution in [0.1, 0.15) is 28.7 Å². The Hall–Kier alpha value is -3.29. The van der Waals surface area contributed by atoms with Gasteiger partial charge in [-0.15, -0.1) is 0 Å². The van der Waals surface area contributed by atoms with E-state index in [1.165, 1.54) is 0 Å². The fourth-order valence-electron chi connectivity index (χ4n) is 3.38. The lowest BCUT2D eigenvalue weighted by atomic mass is 10.0. The Labute approximate surface area is 163 Å². The van der Waals surface area contributed by atoms with E-state index in [4.69, 9.17) is 9.97 Å². The van der Waals surface area contributed by atoms with Crippen molar-refractivity contribution in [3.05, 3.63) is 53.6 Å². The lowest BCUT2D eigenvalue weighted by Gasteiger charge is -2.30. The molecule has 144 valence electrons. The predicted molar refractivity (Wildman–Crippen MR) is 106 cm³/mol. The van der Waals surface area contributed by atoms with Gasteiger partial charge in [0.15, 0.2) is 5.82 Å². The third-order valence-electron chi connectivity index (χ3n) is 4.83. The summed E-state index contributed by atoms with van der Waals surface area (Å²) in [5.41, 5.74) is 3.15. The largest absolute Gasteiger partial charge is 0.362 e. The number of anilines is 1. The molecule has 3 aromatic heterocycles. The van der Waals surface area contributed by atoms with Gasteiger partial charge in [0.2, 0.25) is 0 Å². The van der Waals surface area contributed by atoms with Crippen LogP contribution in [0.2, 0.25) is 0 Å². The number of carbonyl (C=O) groups excluding carboxylic acids is 1. The Morgan fingerprint density at radius 1 is 1.21 bits per heavy atom. The topological polar surface area (TPSA) is 80.0 Å². The molecular weight excluding hydrogens is 354 g/mol. The first-order valence-electron chi connectivity index (χ1n) is 9.38. The molecule has 0 aliphatic carbocycles. The molecule has 8 heteroatoms. The number of pyridine rings is 1. The van der Waals surface area contributed by atoms with E-state index in [9.17, 15) is 4.79 Å². The maximum absolute atomic E-state index is 12.9. The normalized spacial score (nSPS) is 13.3. The average molecular weight is 377 g/mol. The molecule has 1 aliphatic rings. The lowest BCUT2D eigenvalue weighted by Crippen LogP contribution is -2.37. The van der Waals surface area contributed by atoms with Crippen molar-refractivity contribution in [3.8, 4) is 11.5 Å². The number of hydrogen-bond donors (Lipinski definition) is 0. The third kappa shape index (κ3) is 3.33. The second kappa shape index (κ2) is 7.38. The van der Waals surface area contributed by atoms with Crippen molar-refractivity contribution in [2.45, 2.75) is 26.4 Å². The summed E-state index contributed by atoms with van der Waals surface area (Å²) in [6.07, 6.45) is 4.27. The fourth-order valence-corrected chi connectivity index (χ4v) is 3.38. The van der Waals surface area contributed by atoms with Crippen molar-refractivity contribution < 1.29 is 4.79 Å². The summed E-state index contributed by atoms with van der Waals surface area (Å²) >= 11 is 0. The first-order valence-corrected chi connectivity index (χ1v) is 9.38. The Balaban J connectivity index is 1.68. The monoisotopic (exact) mass is 377 g/mol. The Bertz CT molecular complexity index is 997. The van der Waals surface area contributed by atoms with Crippen molar-refractivity contribution in [3.63, 3.8) is 0 Å². The van der Waals surface area contributed by atoms with Gasteiger partial charge in [-0.1, -0.05) is 6.07 Å². The first kappa shape index (κ1) is 18.1. The van der Waals surface area contributed by atoms with E-state index in [1.54, 1.807) is 21.8 Å². The van der Waals surface area contributed by atoms with Crippen molar-refractivity contribution in [1.82, 2.24) is 29.6 Å². The molecule has 0 saturated heterocycles. The van der Waals surface area contributed by atoms with Gasteiger partial charge in [-0.25, -0.2) is 9.97 Å². The van der Waals surface area contributed by atoms with Gasteiger partial charge in [-0.2, -0.15) is 5.10 Å². The van der Waals surface area contributed by atoms with Crippen LogP contribution in [-0.2, 0) is 19.5 Å². The highest BCUT2D eigenvalue weighted by molar-refractivity contribution is 5.92. The number of rotatable bonds is 4. The van der Waals surface area contributed by atoms with E-state index in [1.807, 2.05) is 50.3 Å². The molecule has 0 aromatic carbocycles. The van der Waals surface area contributed by atoms with Gasteiger partial charge in [0.05, 0.1) is 12.2 Å². The molecule has 1 amide bonds. The molecule has 0 saturated carbocycles. The number of nitrogens with zero attached hydrogens (tertiary/aromatic N) is 7. The maximum atomic E-state index is 12.9. The summed E-state index contributed by atoms with van der Waals surface area (Å²) in [5, 5.41) is 4.35. The quantitative estimate of drug-likeness (QED) is 0.692. The van der Waals surface area contributed by atoms with Crippen molar-refractivity contribution in [1.29, 1.82) is 0 Å². The molecule has 0 fully saturated rings. The third-order valence-corrected chi connectivity index (χ3v) is 4.83. The van der Waals surface area contributed by atoms with Crippen LogP contribution in [0.25, 0.3) is 11.5 Å². The number of aromatic nitrogens is 5. The summed E-state index contributed by atoms with van der Waals surface area (Å²) in [4.78, 5) is 30.6. The summed E-state index contributed by atoms with van der Waals surface area (Å²) < 4.78 is 1.76. The fraction of sp³-hybridized carbons (Fsp3) is 0.350. The summed E-state index contributed by atoms with van der Waals surface area (Å²) in [5.74, 6) is 1.39. The molecule has 0 radical (unpaired) electrons. The molecule has 8 nitrogen and oxygen atoms in total. The first-order chi connectivity index (χ1) is 13.6. The molecule has 0 unspecified atom stereocenters. The molecule has 0 atom stereocenters.